The number of H-pyrrole nitrogens is 1. The van der Waals surface area contributed by atoms with Crippen molar-refractivity contribution in [1.82, 2.24) is 20.1 Å². The largest absolute Gasteiger partial charge is 0.379 e. The highest BCUT2D eigenvalue weighted by atomic mass is 16.5. The van der Waals surface area contributed by atoms with Crippen molar-refractivity contribution in [1.29, 1.82) is 0 Å². The van der Waals surface area contributed by atoms with Gasteiger partial charge in [-0.15, -0.1) is 0 Å². The fraction of sp³-hybridized carbons (Fsp3) is 0.471. The molecule has 1 aliphatic heterocycles. The first kappa shape index (κ1) is 16.0. The van der Waals surface area contributed by atoms with Gasteiger partial charge >= 0.3 is 0 Å². The molecule has 8 heteroatoms. The van der Waals surface area contributed by atoms with Crippen LogP contribution < -0.4 is 5.32 Å². The first-order valence-corrected chi connectivity index (χ1v) is 8.38. The van der Waals surface area contributed by atoms with Crippen LogP contribution >= 0.6 is 0 Å². The smallest absolute Gasteiger partial charge is 0.142 e. The van der Waals surface area contributed by atoms with Crippen LogP contribution in [-0.2, 0) is 16.1 Å². The van der Waals surface area contributed by atoms with Crippen molar-refractivity contribution >= 4 is 16.9 Å². The van der Waals surface area contributed by atoms with Gasteiger partial charge in [-0.25, -0.2) is 9.97 Å². The van der Waals surface area contributed by atoms with E-state index in [2.05, 4.69) is 25.4 Å². The number of ether oxygens (including phenoxy) is 2. The van der Waals surface area contributed by atoms with E-state index < -0.39 is 0 Å². The molecule has 0 radical (unpaired) electrons. The minimum atomic E-state index is 0.0159. The van der Waals surface area contributed by atoms with Crippen LogP contribution in [0, 0.1) is 13.8 Å². The lowest BCUT2D eigenvalue weighted by Crippen LogP contribution is -2.44. The molecular weight excluding hydrogens is 322 g/mol. The quantitative estimate of drug-likeness (QED) is 0.734. The molecule has 0 spiro atoms. The van der Waals surface area contributed by atoms with Gasteiger partial charge in [0.25, 0.3) is 0 Å². The molecule has 0 aromatic carbocycles. The Kier molecular flexibility index (Phi) is 4.37. The van der Waals surface area contributed by atoms with E-state index in [1.165, 1.54) is 0 Å². The maximum atomic E-state index is 6.17. The highest BCUT2D eigenvalue weighted by Crippen LogP contribution is 2.23. The van der Waals surface area contributed by atoms with Crippen molar-refractivity contribution in [3.05, 3.63) is 35.6 Å². The molecule has 4 heterocycles. The van der Waals surface area contributed by atoms with E-state index in [0.717, 1.165) is 40.3 Å². The third-order valence-corrected chi connectivity index (χ3v) is 4.59. The molecule has 0 amide bonds. The van der Waals surface area contributed by atoms with Crippen LogP contribution in [0.2, 0.25) is 0 Å². The van der Waals surface area contributed by atoms with Crippen molar-refractivity contribution < 1.29 is 14.0 Å². The van der Waals surface area contributed by atoms with Gasteiger partial charge in [0.05, 0.1) is 36.4 Å². The number of rotatable bonds is 5. The van der Waals surface area contributed by atoms with Crippen LogP contribution in [0.25, 0.3) is 11.0 Å². The van der Waals surface area contributed by atoms with E-state index in [4.69, 9.17) is 14.0 Å². The van der Waals surface area contributed by atoms with E-state index in [1.54, 1.807) is 6.33 Å². The summed E-state index contributed by atoms with van der Waals surface area (Å²) in [5.41, 5.74) is 2.70. The molecule has 0 aliphatic carbocycles. The van der Waals surface area contributed by atoms with Gasteiger partial charge in [-0.1, -0.05) is 5.16 Å². The Bertz CT molecular complexity index is 839. The Morgan fingerprint density at radius 3 is 3.12 bits per heavy atom. The Morgan fingerprint density at radius 1 is 1.36 bits per heavy atom. The molecule has 3 aromatic heterocycles. The van der Waals surface area contributed by atoms with Gasteiger partial charge in [0, 0.05) is 18.4 Å². The fourth-order valence-corrected chi connectivity index (χ4v) is 3.11. The van der Waals surface area contributed by atoms with Crippen molar-refractivity contribution in [2.75, 3.05) is 18.5 Å². The SMILES string of the molecule is Cc1noc(C)c1CO[C@@H]1CCOC[C@@H]1Nc1ncnc2[nH]ccc12. The molecule has 132 valence electrons. The summed E-state index contributed by atoms with van der Waals surface area (Å²) in [4.78, 5) is 11.7. The Balaban J connectivity index is 1.48. The van der Waals surface area contributed by atoms with Gasteiger partial charge in [0.2, 0.25) is 0 Å². The topological polar surface area (TPSA) is 98.1 Å². The molecule has 25 heavy (non-hydrogen) atoms. The third-order valence-electron chi connectivity index (χ3n) is 4.59. The van der Waals surface area contributed by atoms with Gasteiger partial charge in [-0.3, -0.25) is 0 Å². The Labute approximate surface area is 144 Å². The third kappa shape index (κ3) is 3.22. The molecule has 1 saturated heterocycles. The molecule has 8 nitrogen and oxygen atoms in total. The molecule has 0 saturated carbocycles. The summed E-state index contributed by atoms with van der Waals surface area (Å²) in [5, 5.41) is 8.39. The van der Waals surface area contributed by atoms with Crippen LogP contribution in [0.4, 0.5) is 5.82 Å². The highest BCUT2D eigenvalue weighted by Gasteiger charge is 2.28. The number of hydrogen-bond donors (Lipinski definition) is 2. The van der Waals surface area contributed by atoms with Gasteiger partial charge in [0.15, 0.2) is 0 Å². The highest BCUT2D eigenvalue weighted by molar-refractivity contribution is 5.86. The van der Waals surface area contributed by atoms with Crippen LogP contribution in [-0.4, -0.2) is 45.5 Å². The summed E-state index contributed by atoms with van der Waals surface area (Å²) in [5.74, 6) is 1.59. The van der Waals surface area contributed by atoms with Crippen LogP contribution in [0.5, 0.6) is 0 Å². The van der Waals surface area contributed by atoms with E-state index >= 15 is 0 Å². The first-order valence-electron chi connectivity index (χ1n) is 8.38. The lowest BCUT2D eigenvalue weighted by Gasteiger charge is -2.32. The number of nitrogens with one attached hydrogen (secondary N) is 2. The second kappa shape index (κ2) is 6.81. The molecule has 3 aromatic rings. The molecule has 0 unspecified atom stereocenters. The zero-order valence-electron chi connectivity index (χ0n) is 14.3. The summed E-state index contributed by atoms with van der Waals surface area (Å²) in [6.45, 7) is 5.57. The number of hydrogen-bond acceptors (Lipinski definition) is 7. The van der Waals surface area contributed by atoms with Crippen molar-refractivity contribution in [2.45, 2.75) is 39.0 Å². The van der Waals surface area contributed by atoms with Crippen LogP contribution in [0.15, 0.2) is 23.1 Å². The molecule has 0 bridgehead atoms. The normalized spacial score (nSPS) is 20.9. The predicted molar refractivity (Wildman–Crippen MR) is 91.3 cm³/mol. The fourth-order valence-electron chi connectivity index (χ4n) is 3.11. The zero-order chi connectivity index (χ0) is 17.2. The van der Waals surface area contributed by atoms with E-state index in [-0.39, 0.29) is 12.1 Å². The van der Waals surface area contributed by atoms with E-state index in [0.29, 0.717) is 19.8 Å². The second-order valence-corrected chi connectivity index (χ2v) is 6.23. The van der Waals surface area contributed by atoms with Crippen molar-refractivity contribution in [3.63, 3.8) is 0 Å². The standard InChI is InChI=1S/C17H21N5O3/c1-10-13(11(2)25-22-10)7-24-15-4-6-23-8-14(15)21-17-12-3-5-18-16(12)19-9-20-17/h3,5,9,14-15H,4,6-8H2,1-2H3,(H2,18,19,20,21)/t14-,15+/m0/s1. The Morgan fingerprint density at radius 2 is 2.28 bits per heavy atom. The average molecular weight is 343 g/mol. The number of aryl methyl sites for hydroxylation is 2. The summed E-state index contributed by atoms with van der Waals surface area (Å²) >= 11 is 0. The number of fused-ring (bicyclic) bond motifs is 1. The number of aromatic amines is 1. The predicted octanol–water partition coefficient (Wildman–Crippen LogP) is 2.35. The summed E-state index contributed by atoms with van der Waals surface area (Å²) in [7, 11) is 0. The summed E-state index contributed by atoms with van der Waals surface area (Å²) < 4.78 is 17.0. The molecule has 2 atom stereocenters. The molecule has 2 N–H and O–H groups in total. The van der Waals surface area contributed by atoms with E-state index in [9.17, 15) is 0 Å². The maximum Gasteiger partial charge on any atom is 0.142 e. The lowest BCUT2D eigenvalue weighted by molar-refractivity contribution is -0.0481. The molecule has 1 fully saturated rings. The number of aromatic nitrogens is 4. The minimum Gasteiger partial charge on any atom is -0.379 e. The average Bonchev–Trinajstić information content (AvgIpc) is 3.22. The number of nitrogens with zero attached hydrogens (tertiary/aromatic N) is 3. The van der Waals surface area contributed by atoms with Gasteiger partial charge in [-0.05, 0) is 26.3 Å². The number of anilines is 1. The molecular formula is C17H21N5O3. The summed E-state index contributed by atoms with van der Waals surface area (Å²) in [6.07, 6.45) is 4.24. The maximum absolute atomic E-state index is 6.17. The minimum absolute atomic E-state index is 0.0159. The molecule has 1 aliphatic rings. The van der Waals surface area contributed by atoms with Gasteiger partial charge in [0.1, 0.15) is 23.6 Å². The molecule has 4 rings (SSSR count). The lowest BCUT2D eigenvalue weighted by atomic mass is 10.1. The Hall–Kier alpha value is -2.45. The second-order valence-electron chi connectivity index (χ2n) is 6.23. The van der Waals surface area contributed by atoms with Crippen LogP contribution in [0.1, 0.15) is 23.4 Å². The monoisotopic (exact) mass is 343 g/mol. The van der Waals surface area contributed by atoms with Crippen molar-refractivity contribution in [2.24, 2.45) is 0 Å². The first-order chi connectivity index (χ1) is 12.2. The van der Waals surface area contributed by atoms with Gasteiger partial charge in [-0.2, -0.15) is 0 Å². The van der Waals surface area contributed by atoms with E-state index in [1.807, 2.05) is 26.1 Å². The van der Waals surface area contributed by atoms with Crippen LogP contribution in [0.3, 0.4) is 0 Å². The van der Waals surface area contributed by atoms with Gasteiger partial charge < -0.3 is 24.3 Å². The zero-order valence-corrected chi connectivity index (χ0v) is 14.3. The summed E-state index contributed by atoms with van der Waals surface area (Å²) in [6, 6.07) is 1.98. The van der Waals surface area contributed by atoms with Crippen molar-refractivity contribution in [3.8, 4) is 0 Å².